The second-order valence-corrected chi connectivity index (χ2v) is 6.82. The molecule has 4 heteroatoms. The van der Waals surface area contributed by atoms with Gasteiger partial charge in [0.05, 0.1) is 12.1 Å². The van der Waals surface area contributed by atoms with Gasteiger partial charge < -0.3 is 4.74 Å². The molecule has 3 nitrogen and oxygen atoms in total. The van der Waals surface area contributed by atoms with E-state index in [-0.39, 0.29) is 11.2 Å². The summed E-state index contributed by atoms with van der Waals surface area (Å²) in [4.78, 5) is 17.0. The number of Topliss-reactive ketones (excluding diaryl/α,β-unsaturated/α-hetero) is 1. The zero-order valence-corrected chi connectivity index (χ0v) is 13.7. The second kappa shape index (κ2) is 6.14. The van der Waals surface area contributed by atoms with Gasteiger partial charge in [-0.1, -0.05) is 34.6 Å². The molecule has 1 aromatic heterocycles. The van der Waals surface area contributed by atoms with E-state index >= 15 is 0 Å². The zero-order chi connectivity index (χ0) is 14.7. The molecule has 0 atom stereocenters. The van der Waals surface area contributed by atoms with Gasteiger partial charge in [-0.3, -0.25) is 4.79 Å². The summed E-state index contributed by atoms with van der Waals surface area (Å²) < 4.78 is 5.47. The van der Waals surface area contributed by atoms with Gasteiger partial charge in [-0.25, -0.2) is 4.98 Å². The van der Waals surface area contributed by atoms with Crippen molar-refractivity contribution >= 4 is 17.1 Å². The van der Waals surface area contributed by atoms with Crippen molar-refractivity contribution in [2.45, 2.75) is 64.9 Å². The number of thiazole rings is 1. The van der Waals surface area contributed by atoms with Crippen LogP contribution in [-0.4, -0.2) is 23.5 Å². The summed E-state index contributed by atoms with van der Waals surface area (Å²) in [6.45, 7) is 10.4. The highest BCUT2D eigenvalue weighted by Crippen LogP contribution is 2.27. The van der Waals surface area contributed by atoms with Crippen molar-refractivity contribution in [1.29, 1.82) is 0 Å². The van der Waals surface area contributed by atoms with Crippen LogP contribution in [0.1, 0.15) is 58.2 Å². The third-order valence-electron chi connectivity index (χ3n) is 3.67. The van der Waals surface area contributed by atoms with Gasteiger partial charge >= 0.3 is 0 Å². The Hall–Kier alpha value is -0.740. The Bertz CT molecular complexity index is 419. The summed E-state index contributed by atoms with van der Waals surface area (Å²) in [5, 5.41) is 2.94. The van der Waals surface area contributed by atoms with E-state index in [1.54, 1.807) is 18.4 Å². The minimum atomic E-state index is -0.645. The Balaban J connectivity index is 2.85. The number of nitrogens with zero attached hydrogens (tertiary/aromatic N) is 1. The molecule has 19 heavy (non-hydrogen) atoms. The maximum Gasteiger partial charge on any atom is 0.171 e. The van der Waals surface area contributed by atoms with Crippen LogP contribution >= 0.6 is 11.3 Å². The molecule has 0 aliphatic rings. The SMILES string of the molecule is CCC(CC)(OC)C(=O)Cc1nc(C(C)(C)C)cs1. The molecule has 0 N–H and O–H groups in total. The van der Waals surface area contributed by atoms with Crippen LogP contribution in [0.15, 0.2) is 5.38 Å². The molecule has 0 radical (unpaired) electrons. The summed E-state index contributed by atoms with van der Waals surface area (Å²) in [7, 11) is 1.62. The van der Waals surface area contributed by atoms with Crippen molar-refractivity contribution < 1.29 is 9.53 Å². The lowest BCUT2D eigenvalue weighted by molar-refractivity contribution is -0.141. The summed E-state index contributed by atoms with van der Waals surface area (Å²) >= 11 is 1.56. The molecule has 108 valence electrons. The molecule has 0 amide bonds. The Labute approximate surface area is 120 Å². The fraction of sp³-hybridized carbons (Fsp3) is 0.733. The average Bonchev–Trinajstić information content (AvgIpc) is 2.80. The fourth-order valence-electron chi connectivity index (χ4n) is 2.08. The molecule has 0 aliphatic heterocycles. The lowest BCUT2D eigenvalue weighted by Gasteiger charge is -2.28. The first kappa shape index (κ1) is 16.3. The molecule has 0 saturated heterocycles. The van der Waals surface area contributed by atoms with Crippen LogP contribution < -0.4 is 0 Å². The van der Waals surface area contributed by atoms with Crippen molar-refractivity contribution in [2.24, 2.45) is 0 Å². The van der Waals surface area contributed by atoms with Gasteiger partial charge in [0.2, 0.25) is 0 Å². The van der Waals surface area contributed by atoms with E-state index in [1.165, 1.54) is 0 Å². The van der Waals surface area contributed by atoms with Crippen LogP contribution in [0, 0.1) is 0 Å². The molecule has 0 fully saturated rings. The molecule has 0 unspecified atom stereocenters. The van der Waals surface area contributed by atoms with Gasteiger partial charge in [-0.15, -0.1) is 11.3 Å². The van der Waals surface area contributed by atoms with Gasteiger partial charge in [-0.05, 0) is 12.8 Å². The monoisotopic (exact) mass is 283 g/mol. The summed E-state index contributed by atoms with van der Waals surface area (Å²) in [5.41, 5.74) is 0.440. The number of hydrogen-bond donors (Lipinski definition) is 0. The van der Waals surface area contributed by atoms with Crippen molar-refractivity contribution in [1.82, 2.24) is 4.98 Å². The van der Waals surface area contributed by atoms with E-state index in [2.05, 4.69) is 31.1 Å². The normalized spacial score (nSPS) is 12.7. The van der Waals surface area contributed by atoms with Crippen LogP contribution in [0.5, 0.6) is 0 Å². The Morgan fingerprint density at radius 3 is 2.26 bits per heavy atom. The van der Waals surface area contributed by atoms with E-state index < -0.39 is 5.60 Å². The Morgan fingerprint density at radius 2 is 1.89 bits per heavy atom. The van der Waals surface area contributed by atoms with E-state index in [0.717, 1.165) is 10.7 Å². The predicted molar refractivity (Wildman–Crippen MR) is 79.8 cm³/mol. The lowest BCUT2D eigenvalue weighted by Crippen LogP contribution is -2.40. The lowest BCUT2D eigenvalue weighted by atomic mass is 9.90. The molecule has 0 spiro atoms. The maximum atomic E-state index is 12.4. The predicted octanol–water partition coefficient (Wildman–Crippen LogP) is 3.76. The quantitative estimate of drug-likeness (QED) is 0.798. The van der Waals surface area contributed by atoms with Crippen molar-refractivity contribution in [3.63, 3.8) is 0 Å². The molecule has 0 aliphatic carbocycles. The van der Waals surface area contributed by atoms with Crippen LogP contribution in [0.2, 0.25) is 0 Å². The second-order valence-electron chi connectivity index (χ2n) is 5.88. The molecular weight excluding hydrogens is 258 g/mol. The highest BCUT2D eigenvalue weighted by Gasteiger charge is 2.34. The number of ether oxygens (including phenoxy) is 1. The minimum absolute atomic E-state index is 0.0334. The Kier molecular flexibility index (Phi) is 5.27. The minimum Gasteiger partial charge on any atom is -0.370 e. The fourth-order valence-corrected chi connectivity index (χ4v) is 3.10. The molecular formula is C15H25NO2S. The number of methoxy groups -OCH3 is 1. The molecule has 0 saturated carbocycles. The maximum absolute atomic E-state index is 12.4. The first-order valence-corrected chi connectivity index (χ1v) is 7.70. The molecule has 1 rings (SSSR count). The first-order valence-electron chi connectivity index (χ1n) is 6.82. The smallest absolute Gasteiger partial charge is 0.171 e. The first-order chi connectivity index (χ1) is 8.79. The largest absolute Gasteiger partial charge is 0.370 e. The third kappa shape index (κ3) is 3.63. The van der Waals surface area contributed by atoms with E-state index in [4.69, 9.17) is 4.74 Å². The number of carbonyl (C=O) groups excluding carboxylic acids is 1. The van der Waals surface area contributed by atoms with Crippen molar-refractivity contribution in [3.8, 4) is 0 Å². The third-order valence-corrected chi connectivity index (χ3v) is 4.52. The highest BCUT2D eigenvalue weighted by molar-refractivity contribution is 7.09. The average molecular weight is 283 g/mol. The van der Waals surface area contributed by atoms with Gasteiger partial charge in [0.15, 0.2) is 5.78 Å². The van der Waals surface area contributed by atoms with Gasteiger partial charge in [0.1, 0.15) is 10.6 Å². The van der Waals surface area contributed by atoms with Crippen molar-refractivity contribution in [3.05, 3.63) is 16.1 Å². The van der Waals surface area contributed by atoms with Crippen molar-refractivity contribution in [2.75, 3.05) is 7.11 Å². The van der Waals surface area contributed by atoms with E-state index in [0.29, 0.717) is 19.3 Å². The summed E-state index contributed by atoms with van der Waals surface area (Å²) in [5.74, 6) is 0.134. The number of ketones is 1. The van der Waals surface area contributed by atoms with E-state index in [1.807, 2.05) is 13.8 Å². The van der Waals surface area contributed by atoms with Crippen LogP contribution in [0.25, 0.3) is 0 Å². The number of rotatable bonds is 6. The van der Waals surface area contributed by atoms with Crippen LogP contribution in [-0.2, 0) is 21.4 Å². The summed E-state index contributed by atoms with van der Waals surface area (Å²) in [6, 6.07) is 0. The molecule has 1 aromatic rings. The number of hydrogen-bond acceptors (Lipinski definition) is 4. The molecule has 0 aromatic carbocycles. The zero-order valence-electron chi connectivity index (χ0n) is 12.9. The van der Waals surface area contributed by atoms with Gasteiger partial charge in [-0.2, -0.15) is 0 Å². The van der Waals surface area contributed by atoms with Gasteiger partial charge in [0, 0.05) is 17.9 Å². The van der Waals surface area contributed by atoms with E-state index in [9.17, 15) is 4.79 Å². The van der Waals surface area contributed by atoms with Crippen LogP contribution in [0.4, 0.5) is 0 Å². The highest BCUT2D eigenvalue weighted by atomic mass is 32.1. The molecule has 0 bridgehead atoms. The standard InChI is InChI=1S/C15H25NO2S/c1-7-15(8-2,18-6)12(17)9-13-16-11(10-19-13)14(3,4)5/h10H,7-9H2,1-6H3. The van der Waals surface area contributed by atoms with Gasteiger partial charge in [0.25, 0.3) is 0 Å². The summed E-state index contributed by atoms with van der Waals surface area (Å²) in [6.07, 6.45) is 1.78. The number of carbonyl (C=O) groups is 1. The topological polar surface area (TPSA) is 39.2 Å². The number of aromatic nitrogens is 1. The van der Waals surface area contributed by atoms with Crippen LogP contribution in [0.3, 0.4) is 0 Å². The Morgan fingerprint density at radius 1 is 1.32 bits per heavy atom. The molecule has 1 heterocycles.